The van der Waals surface area contributed by atoms with Crippen LogP contribution in [0.4, 0.5) is 4.39 Å². The molecule has 0 aliphatic heterocycles. The average molecular weight is 309 g/mol. The molecule has 5 nitrogen and oxygen atoms in total. The van der Waals surface area contributed by atoms with Crippen LogP contribution in [0.5, 0.6) is 0 Å². The third-order valence-corrected chi connectivity index (χ3v) is 3.87. The molecule has 0 spiro atoms. The van der Waals surface area contributed by atoms with Gasteiger partial charge < -0.3 is 9.67 Å². The first-order chi connectivity index (χ1) is 10.0. The SMILES string of the molecule is CCCn1c(SCC(=O)O)nnc1-c1ccc(C)c(F)c1. The van der Waals surface area contributed by atoms with Gasteiger partial charge >= 0.3 is 5.97 Å². The lowest BCUT2D eigenvalue weighted by molar-refractivity contribution is -0.133. The van der Waals surface area contributed by atoms with Crippen LogP contribution in [-0.2, 0) is 11.3 Å². The third-order valence-electron chi connectivity index (χ3n) is 2.92. The minimum atomic E-state index is -0.908. The smallest absolute Gasteiger partial charge is 0.313 e. The fourth-order valence-corrected chi connectivity index (χ4v) is 2.58. The standard InChI is InChI=1S/C14H16FN3O2S/c1-3-6-18-13(10-5-4-9(2)11(15)7-10)16-17-14(18)21-8-12(19)20/h4-5,7H,3,6,8H2,1-2H3,(H,19,20). The van der Waals surface area contributed by atoms with Crippen LogP contribution < -0.4 is 0 Å². The summed E-state index contributed by atoms with van der Waals surface area (Å²) < 4.78 is 15.5. The number of rotatable bonds is 6. The maximum Gasteiger partial charge on any atom is 0.313 e. The van der Waals surface area contributed by atoms with E-state index in [4.69, 9.17) is 5.11 Å². The van der Waals surface area contributed by atoms with Crippen LogP contribution in [0.15, 0.2) is 23.4 Å². The molecule has 0 saturated carbocycles. The molecular formula is C14H16FN3O2S. The van der Waals surface area contributed by atoms with Crippen molar-refractivity contribution >= 4 is 17.7 Å². The Balaban J connectivity index is 2.38. The molecule has 0 unspecified atom stereocenters. The minimum Gasteiger partial charge on any atom is -0.481 e. The van der Waals surface area contributed by atoms with E-state index in [2.05, 4.69) is 10.2 Å². The molecule has 0 fully saturated rings. The van der Waals surface area contributed by atoms with Crippen molar-refractivity contribution in [3.05, 3.63) is 29.6 Å². The summed E-state index contributed by atoms with van der Waals surface area (Å²) in [4.78, 5) is 10.7. The first-order valence-electron chi connectivity index (χ1n) is 6.57. The number of benzene rings is 1. The second-order valence-electron chi connectivity index (χ2n) is 4.60. The minimum absolute atomic E-state index is 0.0793. The maximum atomic E-state index is 13.7. The normalized spacial score (nSPS) is 10.8. The van der Waals surface area contributed by atoms with Gasteiger partial charge in [-0.05, 0) is 25.0 Å². The van der Waals surface area contributed by atoms with Crippen LogP contribution in [0.25, 0.3) is 11.4 Å². The number of aromatic nitrogens is 3. The number of thioether (sulfide) groups is 1. The summed E-state index contributed by atoms with van der Waals surface area (Å²) in [6.07, 6.45) is 0.847. The zero-order chi connectivity index (χ0) is 15.4. The number of carbonyl (C=O) groups is 1. The van der Waals surface area contributed by atoms with Crippen molar-refractivity contribution in [2.45, 2.75) is 32.0 Å². The molecule has 2 aromatic rings. The van der Waals surface area contributed by atoms with Crippen molar-refractivity contribution in [3.63, 3.8) is 0 Å². The van der Waals surface area contributed by atoms with Gasteiger partial charge in [-0.15, -0.1) is 10.2 Å². The Kier molecular flexibility index (Phi) is 4.95. The number of hydrogen-bond acceptors (Lipinski definition) is 4. The molecule has 1 heterocycles. The van der Waals surface area contributed by atoms with E-state index >= 15 is 0 Å². The van der Waals surface area contributed by atoms with Gasteiger partial charge in [-0.3, -0.25) is 4.79 Å². The van der Waals surface area contributed by atoms with Crippen LogP contribution in [-0.4, -0.2) is 31.6 Å². The highest BCUT2D eigenvalue weighted by Crippen LogP contribution is 2.25. The second-order valence-corrected chi connectivity index (χ2v) is 5.55. The fraction of sp³-hybridized carbons (Fsp3) is 0.357. The Morgan fingerprint density at radius 1 is 1.43 bits per heavy atom. The predicted molar refractivity (Wildman–Crippen MR) is 78.8 cm³/mol. The number of carboxylic acids is 1. The highest BCUT2D eigenvalue weighted by Gasteiger charge is 2.15. The lowest BCUT2D eigenvalue weighted by Gasteiger charge is -2.08. The molecule has 1 aromatic carbocycles. The van der Waals surface area contributed by atoms with Crippen molar-refractivity contribution in [1.29, 1.82) is 0 Å². The quantitative estimate of drug-likeness (QED) is 0.831. The molecule has 21 heavy (non-hydrogen) atoms. The fourth-order valence-electron chi connectivity index (χ4n) is 1.89. The van der Waals surface area contributed by atoms with E-state index in [0.717, 1.165) is 18.2 Å². The summed E-state index contributed by atoms with van der Waals surface area (Å²) in [5, 5.41) is 17.4. The van der Waals surface area contributed by atoms with Gasteiger partial charge in [-0.1, -0.05) is 30.8 Å². The number of hydrogen-bond donors (Lipinski definition) is 1. The van der Waals surface area contributed by atoms with Gasteiger partial charge in [-0.2, -0.15) is 0 Å². The van der Waals surface area contributed by atoms with Crippen LogP contribution >= 0.6 is 11.8 Å². The van der Waals surface area contributed by atoms with Crippen LogP contribution in [0.1, 0.15) is 18.9 Å². The van der Waals surface area contributed by atoms with E-state index in [1.807, 2.05) is 11.5 Å². The van der Waals surface area contributed by atoms with Gasteiger partial charge in [0, 0.05) is 12.1 Å². The van der Waals surface area contributed by atoms with E-state index in [9.17, 15) is 9.18 Å². The molecule has 0 bridgehead atoms. The molecule has 0 saturated heterocycles. The first-order valence-corrected chi connectivity index (χ1v) is 7.55. The first kappa shape index (κ1) is 15.5. The highest BCUT2D eigenvalue weighted by molar-refractivity contribution is 7.99. The number of halogens is 1. The molecule has 7 heteroatoms. The summed E-state index contributed by atoms with van der Waals surface area (Å²) in [5.41, 5.74) is 1.21. The lowest BCUT2D eigenvalue weighted by Crippen LogP contribution is -2.04. The highest BCUT2D eigenvalue weighted by atomic mass is 32.2. The molecule has 0 radical (unpaired) electrons. The number of nitrogens with zero attached hydrogens (tertiary/aromatic N) is 3. The van der Waals surface area contributed by atoms with Crippen molar-refractivity contribution in [2.24, 2.45) is 0 Å². The van der Waals surface area contributed by atoms with Gasteiger partial charge in [0.15, 0.2) is 11.0 Å². The number of carboxylic acid groups (broad SMARTS) is 1. The molecule has 0 aliphatic carbocycles. The Hall–Kier alpha value is -1.89. The van der Waals surface area contributed by atoms with Crippen molar-refractivity contribution in [1.82, 2.24) is 14.8 Å². The van der Waals surface area contributed by atoms with E-state index in [1.165, 1.54) is 6.07 Å². The largest absolute Gasteiger partial charge is 0.481 e. The van der Waals surface area contributed by atoms with E-state index in [1.54, 1.807) is 19.1 Å². The summed E-state index contributed by atoms with van der Waals surface area (Å²) in [5.74, 6) is -0.722. The van der Waals surface area contributed by atoms with Crippen molar-refractivity contribution < 1.29 is 14.3 Å². The van der Waals surface area contributed by atoms with Crippen molar-refractivity contribution in [2.75, 3.05) is 5.75 Å². The molecular weight excluding hydrogens is 293 g/mol. The van der Waals surface area contributed by atoms with Crippen LogP contribution in [0.3, 0.4) is 0 Å². The van der Waals surface area contributed by atoms with Gasteiger partial charge in [0.25, 0.3) is 0 Å². The Bertz CT molecular complexity index is 658. The molecule has 2 rings (SSSR count). The lowest BCUT2D eigenvalue weighted by atomic mass is 10.1. The Morgan fingerprint density at radius 2 is 2.19 bits per heavy atom. The third kappa shape index (κ3) is 3.60. The molecule has 0 amide bonds. The second kappa shape index (κ2) is 6.71. The Labute approximate surface area is 126 Å². The maximum absolute atomic E-state index is 13.7. The van der Waals surface area contributed by atoms with Crippen LogP contribution in [0.2, 0.25) is 0 Å². The summed E-state index contributed by atoms with van der Waals surface area (Å²) in [7, 11) is 0. The Morgan fingerprint density at radius 3 is 2.81 bits per heavy atom. The predicted octanol–water partition coefficient (Wildman–Crippen LogP) is 2.98. The van der Waals surface area contributed by atoms with Crippen LogP contribution in [0, 0.1) is 12.7 Å². The van der Waals surface area contributed by atoms with Gasteiger partial charge in [0.1, 0.15) is 5.82 Å². The molecule has 112 valence electrons. The van der Waals surface area contributed by atoms with E-state index in [0.29, 0.717) is 28.7 Å². The van der Waals surface area contributed by atoms with E-state index < -0.39 is 5.97 Å². The molecule has 1 N–H and O–H groups in total. The van der Waals surface area contributed by atoms with Gasteiger partial charge in [0.2, 0.25) is 0 Å². The summed E-state index contributed by atoms with van der Waals surface area (Å²) in [6.45, 7) is 4.36. The summed E-state index contributed by atoms with van der Waals surface area (Å²) in [6, 6.07) is 4.91. The summed E-state index contributed by atoms with van der Waals surface area (Å²) >= 11 is 1.11. The van der Waals surface area contributed by atoms with Gasteiger partial charge in [0.05, 0.1) is 5.75 Å². The molecule has 1 aromatic heterocycles. The number of aliphatic carboxylic acids is 1. The molecule has 0 aliphatic rings. The van der Waals surface area contributed by atoms with Gasteiger partial charge in [-0.25, -0.2) is 4.39 Å². The monoisotopic (exact) mass is 309 g/mol. The average Bonchev–Trinajstić information content (AvgIpc) is 2.83. The zero-order valence-electron chi connectivity index (χ0n) is 11.8. The zero-order valence-corrected chi connectivity index (χ0v) is 12.7. The van der Waals surface area contributed by atoms with E-state index in [-0.39, 0.29) is 11.6 Å². The molecule has 0 atom stereocenters. The number of aryl methyl sites for hydroxylation is 1. The topological polar surface area (TPSA) is 68.0 Å². The van der Waals surface area contributed by atoms with Crippen molar-refractivity contribution in [3.8, 4) is 11.4 Å².